The Morgan fingerprint density at radius 1 is 1.07 bits per heavy atom. The lowest BCUT2D eigenvalue weighted by Crippen LogP contribution is -2.33. The quantitative estimate of drug-likeness (QED) is 0.758. The molecule has 0 fully saturated rings. The Bertz CT molecular complexity index is 847. The summed E-state index contributed by atoms with van der Waals surface area (Å²) >= 11 is 0. The lowest BCUT2D eigenvalue weighted by atomic mass is 10.1. The fraction of sp³-hybridized carbons (Fsp3) is 0.381. The summed E-state index contributed by atoms with van der Waals surface area (Å²) in [6, 6.07) is 8.70. The van der Waals surface area contributed by atoms with Gasteiger partial charge in [-0.3, -0.25) is 14.6 Å². The van der Waals surface area contributed by atoms with Gasteiger partial charge in [-0.1, -0.05) is 19.9 Å². The third-order valence-corrected chi connectivity index (χ3v) is 4.41. The maximum absolute atomic E-state index is 12.7. The molecule has 0 radical (unpaired) electrons. The number of ether oxygens (including phenoxy) is 2. The predicted octanol–water partition coefficient (Wildman–Crippen LogP) is 3.00. The molecule has 3 rings (SSSR count). The van der Waals surface area contributed by atoms with Crippen LogP contribution >= 0.6 is 0 Å². The summed E-state index contributed by atoms with van der Waals surface area (Å²) in [6.07, 6.45) is 3.25. The highest BCUT2D eigenvalue weighted by atomic mass is 16.7. The fourth-order valence-electron chi connectivity index (χ4n) is 3.04. The van der Waals surface area contributed by atoms with Gasteiger partial charge >= 0.3 is 0 Å². The summed E-state index contributed by atoms with van der Waals surface area (Å²) in [5.74, 6) is 0.979. The van der Waals surface area contributed by atoms with Gasteiger partial charge in [-0.15, -0.1) is 0 Å². The average molecular weight is 383 g/mol. The van der Waals surface area contributed by atoms with E-state index in [2.05, 4.69) is 10.3 Å². The second-order valence-corrected chi connectivity index (χ2v) is 6.59. The Labute approximate surface area is 164 Å². The minimum absolute atomic E-state index is 0.144. The van der Waals surface area contributed by atoms with Crippen molar-refractivity contribution in [3.05, 3.63) is 53.3 Å². The molecule has 0 saturated carbocycles. The first kappa shape index (κ1) is 19.7. The standard InChI is InChI=1S/C21H25N3O4/c1-3-9-24(10-4-2)21(26)17-12-16(7-8-22-17)20(25)23-13-15-5-6-18-19(11-15)28-14-27-18/h5-8,11-12H,3-4,9-10,13-14H2,1-2H3,(H,23,25). The number of carbonyl (C=O) groups excluding carboxylic acids is 2. The van der Waals surface area contributed by atoms with Crippen LogP contribution in [0.4, 0.5) is 0 Å². The van der Waals surface area contributed by atoms with Crippen LogP contribution in [0, 0.1) is 0 Å². The van der Waals surface area contributed by atoms with E-state index in [1.165, 1.54) is 6.20 Å². The summed E-state index contributed by atoms with van der Waals surface area (Å²) in [7, 11) is 0. The van der Waals surface area contributed by atoms with E-state index in [9.17, 15) is 9.59 Å². The van der Waals surface area contributed by atoms with Crippen LogP contribution in [0.5, 0.6) is 11.5 Å². The second kappa shape index (κ2) is 9.21. The van der Waals surface area contributed by atoms with Crippen LogP contribution < -0.4 is 14.8 Å². The smallest absolute Gasteiger partial charge is 0.272 e. The topological polar surface area (TPSA) is 80.8 Å². The summed E-state index contributed by atoms with van der Waals surface area (Å²) in [5.41, 5.74) is 1.60. The Balaban J connectivity index is 1.65. The van der Waals surface area contributed by atoms with Gasteiger partial charge < -0.3 is 19.7 Å². The largest absolute Gasteiger partial charge is 0.454 e. The van der Waals surface area contributed by atoms with Gasteiger partial charge in [0.05, 0.1) is 0 Å². The number of rotatable bonds is 8. The number of pyridine rings is 1. The van der Waals surface area contributed by atoms with Crippen molar-refractivity contribution < 1.29 is 19.1 Å². The predicted molar refractivity (Wildman–Crippen MR) is 104 cm³/mol. The molecular formula is C21H25N3O4. The van der Waals surface area contributed by atoms with Crippen molar-refractivity contribution in [2.24, 2.45) is 0 Å². The first-order chi connectivity index (χ1) is 13.6. The zero-order valence-corrected chi connectivity index (χ0v) is 16.2. The highest BCUT2D eigenvalue weighted by Gasteiger charge is 2.18. The summed E-state index contributed by atoms with van der Waals surface area (Å²) < 4.78 is 10.6. The molecule has 2 aromatic rings. The number of benzene rings is 1. The molecule has 0 aliphatic carbocycles. The van der Waals surface area contributed by atoms with Gasteiger partial charge in [-0.05, 0) is 42.7 Å². The summed E-state index contributed by atoms with van der Waals surface area (Å²) in [4.78, 5) is 31.2. The van der Waals surface area contributed by atoms with Gasteiger partial charge in [0, 0.05) is 31.4 Å². The van der Waals surface area contributed by atoms with Crippen LogP contribution in [0.25, 0.3) is 0 Å². The van der Waals surface area contributed by atoms with Gasteiger partial charge in [-0.2, -0.15) is 0 Å². The summed E-state index contributed by atoms with van der Waals surface area (Å²) in [6.45, 7) is 5.97. The third-order valence-electron chi connectivity index (χ3n) is 4.41. The molecule has 1 aliphatic rings. The van der Waals surface area contributed by atoms with E-state index in [4.69, 9.17) is 9.47 Å². The Morgan fingerprint density at radius 2 is 1.82 bits per heavy atom. The Hall–Kier alpha value is -3.09. The first-order valence-electron chi connectivity index (χ1n) is 9.54. The average Bonchev–Trinajstić information content (AvgIpc) is 3.19. The molecule has 7 heteroatoms. The molecule has 1 N–H and O–H groups in total. The molecule has 7 nitrogen and oxygen atoms in total. The minimum Gasteiger partial charge on any atom is -0.454 e. The number of carbonyl (C=O) groups is 2. The van der Waals surface area contributed by atoms with Crippen molar-refractivity contribution >= 4 is 11.8 Å². The third kappa shape index (κ3) is 4.60. The Morgan fingerprint density at radius 3 is 2.57 bits per heavy atom. The minimum atomic E-state index is -0.258. The van der Waals surface area contributed by atoms with E-state index in [0.717, 1.165) is 18.4 Å². The van der Waals surface area contributed by atoms with E-state index in [1.54, 1.807) is 17.0 Å². The number of aromatic nitrogens is 1. The first-order valence-corrected chi connectivity index (χ1v) is 9.54. The zero-order chi connectivity index (χ0) is 19.9. The highest BCUT2D eigenvalue weighted by molar-refractivity contribution is 5.98. The molecule has 0 unspecified atom stereocenters. The van der Waals surface area contributed by atoms with Crippen molar-refractivity contribution in [2.75, 3.05) is 19.9 Å². The van der Waals surface area contributed by atoms with Gasteiger partial charge in [0.1, 0.15) is 5.69 Å². The maximum atomic E-state index is 12.7. The van der Waals surface area contributed by atoms with Crippen LogP contribution in [0.1, 0.15) is 53.1 Å². The molecule has 148 valence electrons. The maximum Gasteiger partial charge on any atom is 0.272 e. The van der Waals surface area contributed by atoms with Crippen molar-refractivity contribution in [3.8, 4) is 11.5 Å². The molecule has 2 heterocycles. The van der Waals surface area contributed by atoms with E-state index < -0.39 is 0 Å². The monoisotopic (exact) mass is 383 g/mol. The fourth-order valence-corrected chi connectivity index (χ4v) is 3.04. The number of nitrogens with zero attached hydrogens (tertiary/aromatic N) is 2. The van der Waals surface area contributed by atoms with Crippen LogP contribution in [0.15, 0.2) is 36.5 Å². The number of hydrogen-bond donors (Lipinski definition) is 1. The molecule has 1 aromatic heterocycles. The van der Waals surface area contributed by atoms with Crippen LogP contribution in [0.3, 0.4) is 0 Å². The van der Waals surface area contributed by atoms with E-state index in [-0.39, 0.29) is 24.3 Å². The molecular weight excluding hydrogens is 358 g/mol. The van der Waals surface area contributed by atoms with Gasteiger partial charge in [0.2, 0.25) is 6.79 Å². The lowest BCUT2D eigenvalue weighted by molar-refractivity contribution is 0.0749. The number of amides is 2. The molecule has 1 aliphatic heterocycles. The molecule has 0 atom stereocenters. The Kier molecular flexibility index (Phi) is 6.47. The molecule has 0 saturated heterocycles. The van der Waals surface area contributed by atoms with E-state index in [1.807, 2.05) is 32.0 Å². The molecule has 0 bridgehead atoms. The molecule has 2 amide bonds. The SMILES string of the molecule is CCCN(CCC)C(=O)c1cc(C(=O)NCc2ccc3c(c2)OCO3)ccn1. The van der Waals surface area contributed by atoms with Crippen LogP contribution in [0.2, 0.25) is 0 Å². The van der Waals surface area contributed by atoms with Crippen molar-refractivity contribution in [3.63, 3.8) is 0 Å². The summed E-state index contributed by atoms with van der Waals surface area (Å²) in [5, 5.41) is 2.86. The van der Waals surface area contributed by atoms with Crippen molar-refractivity contribution in [1.29, 1.82) is 0 Å². The van der Waals surface area contributed by atoms with Gasteiger partial charge in [0.15, 0.2) is 11.5 Å². The normalized spacial score (nSPS) is 11.9. The molecule has 1 aromatic carbocycles. The number of hydrogen-bond acceptors (Lipinski definition) is 5. The van der Waals surface area contributed by atoms with Gasteiger partial charge in [0.25, 0.3) is 11.8 Å². The zero-order valence-electron chi connectivity index (χ0n) is 16.2. The van der Waals surface area contributed by atoms with E-state index >= 15 is 0 Å². The highest BCUT2D eigenvalue weighted by Crippen LogP contribution is 2.32. The molecule has 28 heavy (non-hydrogen) atoms. The lowest BCUT2D eigenvalue weighted by Gasteiger charge is -2.21. The molecule has 0 spiro atoms. The second-order valence-electron chi connectivity index (χ2n) is 6.59. The number of nitrogens with one attached hydrogen (secondary N) is 1. The number of fused-ring (bicyclic) bond motifs is 1. The van der Waals surface area contributed by atoms with Gasteiger partial charge in [-0.25, -0.2) is 0 Å². The van der Waals surface area contributed by atoms with Crippen molar-refractivity contribution in [1.82, 2.24) is 15.2 Å². The van der Waals surface area contributed by atoms with E-state index in [0.29, 0.717) is 36.7 Å². The van der Waals surface area contributed by atoms with Crippen LogP contribution in [-0.4, -0.2) is 41.6 Å². The van der Waals surface area contributed by atoms with Crippen molar-refractivity contribution in [2.45, 2.75) is 33.2 Å². The van der Waals surface area contributed by atoms with Crippen LogP contribution in [-0.2, 0) is 6.54 Å².